The molecule has 4 nitrogen and oxygen atoms in total. The fraction of sp³-hybridized carbons (Fsp3) is 0.474. The molecule has 0 atom stereocenters. The molecule has 0 saturated heterocycles. The topological polar surface area (TPSA) is 46.9 Å². The van der Waals surface area contributed by atoms with Crippen molar-refractivity contribution in [2.45, 2.75) is 41.0 Å². The number of hydrogen-bond acceptors (Lipinski definition) is 2. The molecule has 1 aromatic carbocycles. The summed E-state index contributed by atoms with van der Waals surface area (Å²) < 4.78 is 1.78. The van der Waals surface area contributed by atoms with Gasteiger partial charge in [0.05, 0.1) is 27.7 Å². The second kappa shape index (κ2) is 7.84. The normalized spacial score (nSPS) is 11.3. The lowest BCUT2D eigenvalue weighted by Gasteiger charge is -2.10. The maximum atomic E-state index is 12.7. The van der Waals surface area contributed by atoms with E-state index in [0.717, 1.165) is 23.5 Å². The van der Waals surface area contributed by atoms with Gasteiger partial charge in [-0.15, -0.1) is 0 Å². The van der Waals surface area contributed by atoms with Crippen molar-refractivity contribution in [1.82, 2.24) is 15.1 Å². The van der Waals surface area contributed by atoms with Gasteiger partial charge in [-0.05, 0) is 37.3 Å². The summed E-state index contributed by atoms with van der Waals surface area (Å²) in [6.45, 7) is 11.0. The molecule has 0 radical (unpaired) electrons. The van der Waals surface area contributed by atoms with E-state index >= 15 is 0 Å². The van der Waals surface area contributed by atoms with Gasteiger partial charge in [-0.25, -0.2) is 4.68 Å². The molecule has 1 heterocycles. The molecule has 0 aliphatic carbocycles. The van der Waals surface area contributed by atoms with Gasteiger partial charge in [0.15, 0.2) is 0 Å². The maximum Gasteiger partial charge on any atom is 0.255 e. The molecule has 1 N–H and O–H groups in total. The average Bonchev–Trinajstić information content (AvgIpc) is 2.81. The first-order valence-corrected chi connectivity index (χ1v) is 8.80. The number of halogens is 1. The predicted octanol–water partition coefficient (Wildman–Crippen LogP) is 4.42. The van der Waals surface area contributed by atoms with Crippen LogP contribution in [0, 0.1) is 18.8 Å². The van der Waals surface area contributed by atoms with Crippen molar-refractivity contribution < 1.29 is 4.79 Å². The third-order valence-corrected chi connectivity index (χ3v) is 4.09. The van der Waals surface area contributed by atoms with Crippen molar-refractivity contribution in [2.24, 2.45) is 11.8 Å². The molecule has 0 spiro atoms. The lowest BCUT2D eigenvalue weighted by molar-refractivity contribution is 0.0947. The van der Waals surface area contributed by atoms with Crippen molar-refractivity contribution in [2.75, 3.05) is 6.54 Å². The molecule has 130 valence electrons. The number of carbonyl (C=O) groups is 1. The summed E-state index contributed by atoms with van der Waals surface area (Å²) >= 11 is 6.32. The summed E-state index contributed by atoms with van der Waals surface area (Å²) in [7, 11) is 0. The first kappa shape index (κ1) is 18.5. The molecular formula is C19H26ClN3O. The molecule has 0 aliphatic rings. The minimum Gasteiger partial charge on any atom is -0.352 e. The highest BCUT2D eigenvalue weighted by molar-refractivity contribution is 6.32. The molecule has 24 heavy (non-hydrogen) atoms. The van der Waals surface area contributed by atoms with E-state index in [0.29, 0.717) is 29.0 Å². The van der Waals surface area contributed by atoms with Gasteiger partial charge in [0.2, 0.25) is 0 Å². The Bertz CT molecular complexity index is 719. The minimum absolute atomic E-state index is 0.0600. The van der Waals surface area contributed by atoms with Crippen LogP contribution in [0.2, 0.25) is 5.02 Å². The van der Waals surface area contributed by atoms with Gasteiger partial charge in [-0.2, -0.15) is 5.10 Å². The van der Waals surface area contributed by atoms with Crippen molar-refractivity contribution in [3.8, 4) is 5.69 Å². The van der Waals surface area contributed by atoms with Gasteiger partial charge in [0.25, 0.3) is 5.91 Å². The monoisotopic (exact) mass is 347 g/mol. The molecule has 2 rings (SSSR count). The molecule has 0 fully saturated rings. The van der Waals surface area contributed by atoms with Crippen molar-refractivity contribution in [3.05, 3.63) is 46.2 Å². The Morgan fingerprint density at radius 3 is 2.46 bits per heavy atom. The number of para-hydroxylation sites is 1. The highest BCUT2D eigenvalue weighted by Crippen LogP contribution is 2.25. The molecule has 0 bridgehead atoms. The van der Waals surface area contributed by atoms with Gasteiger partial charge in [-0.3, -0.25) is 4.79 Å². The first-order chi connectivity index (χ1) is 11.3. The van der Waals surface area contributed by atoms with Crippen molar-refractivity contribution >= 4 is 17.5 Å². The molecular weight excluding hydrogens is 322 g/mol. The van der Waals surface area contributed by atoms with Gasteiger partial charge < -0.3 is 5.32 Å². The van der Waals surface area contributed by atoms with Crippen LogP contribution in [0.1, 0.15) is 49.4 Å². The zero-order valence-corrected chi connectivity index (χ0v) is 15.8. The average molecular weight is 348 g/mol. The Hall–Kier alpha value is -1.81. The fourth-order valence-electron chi connectivity index (χ4n) is 2.63. The number of nitrogens with one attached hydrogen (secondary N) is 1. The second-order valence-corrected chi connectivity index (χ2v) is 7.38. The molecule has 0 aliphatic heterocycles. The Morgan fingerprint density at radius 2 is 1.88 bits per heavy atom. The van der Waals surface area contributed by atoms with Crippen LogP contribution in [0.25, 0.3) is 5.69 Å². The van der Waals surface area contributed by atoms with Crippen molar-refractivity contribution in [3.63, 3.8) is 0 Å². The smallest absolute Gasteiger partial charge is 0.255 e. The summed E-state index contributed by atoms with van der Waals surface area (Å²) in [5.74, 6) is 0.757. The Balaban J connectivity index is 2.48. The molecule has 0 unspecified atom stereocenters. The predicted molar refractivity (Wildman–Crippen MR) is 99.0 cm³/mol. The Labute approximate surface area is 149 Å². The zero-order chi connectivity index (χ0) is 17.9. The van der Waals surface area contributed by atoms with Gasteiger partial charge in [0.1, 0.15) is 0 Å². The summed E-state index contributed by atoms with van der Waals surface area (Å²) in [6, 6.07) is 7.55. The van der Waals surface area contributed by atoms with Crippen LogP contribution in [0.4, 0.5) is 0 Å². The number of hydrogen-bond donors (Lipinski definition) is 1. The third-order valence-electron chi connectivity index (χ3n) is 3.77. The number of nitrogens with zero attached hydrogens (tertiary/aromatic N) is 2. The molecule has 5 heteroatoms. The minimum atomic E-state index is -0.0600. The van der Waals surface area contributed by atoms with Gasteiger partial charge in [0, 0.05) is 6.54 Å². The Morgan fingerprint density at radius 1 is 1.21 bits per heavy atom. The lowest BCUT2D eigenvalue weighted by atomic mass is 10.0. The van der Waals surface area contributed by atoms with Crippen LogP contribution in [-0.4, -0.2) is 22.2 Å². The highest BCUT2D eigenvalue weighted by atomic mass is 35.5. The number of aromatic nitrogens is 2. The second-order valence-electron chi connectivity index (χ2n) is 6.97. The maximum absolute atomic E-state index is 12.7. The van der Waals surface area contributed by atoms with Crippen LogP contribution >= 0.6 is 11.6 Å². The molecule has 2 aromatic rings. The third kappa shape index (κ3) is 4.18. The van der Waals surface area contributed by atoms with Crippen LogP contribution in [0.5, 0.6) is 0 Å². The van der Waals surface area contributed by atoms with Crippen LogP contribution in [0.15, 0.2) is 24.3 Å². The molecule has 0 saturated carbocycles. The highest BCUT2D eigenvalue weighted by Gasteiger charge is 2.23. The van der Waals surface area contributed by atoms with E-state index in [9.17, 15) is 4.79 Å². The van der Waals surface area contributed by atoms with Gasteiger partial charge in [-0.1, -0.05) is 51.4 Å². The lowest BCUT2D eigenvalue weighted by Crippen LogP contribution is -2.28. The summed E-state index contributed by atoms with van der Waals surface area (Å²) in [5.41, 5.74) is 3.11. The van der Waals surface area contributed by atoms with Gasteiger partial charge >= 0.3 is 0 Å². The van der Waals surface area contributed by atoms with E-state index in [4.69, 9.17) is 16.7 Å². The summed E-state index contributed by atoms with van der Waals surface area (Å²) in [6.07, 6.45) is 0.753. The number of benzene rings is 1. The summed E-state index contributed by atoms with van der Waals surface area (Å²) in [5, 5.41) is 8.33. The van der Waals surface area contributed by atoms with E-state index in [1.54, 1.807) is 4.68 Å². The van der Waals surface area contributed by atoms with E-state index in [1.807, 2.05) is 31.2 Å². The standard InChI is InChI=1S/C19H26ClN3O/c1-12(2)10-16-18(19(24)21-11-13(3)4)14(5)23(22-16)17-9-7-6-8-15(17)20/h6-9,12-13H,10-11H2,1-5H3,(H,21,24). The van der Waals surface area contributed by atoms with Crippen LogP contribution in [0.3, 0.4) is 0 Å². The summed E-state index contributed by atoms with van der Waals surface area (Å²) in [4.78, 5) is 12.7. The molecule has 1 amide bonds. The molecule has 1 aromatic heterocycles. The van der Waals surface area contributed by atoms with Crippen molar-refractivity contribution in [1.29, 1.82) is 0 Å². The number of rotatable bonds is 6. The first-order valence-electron chi connectivity index (χ1n) is 8.42. The number of carbonyl (C=O) groups excluding carboxylic acids is 1. The number of amides is 1. The quantitative estimate of drug-likeness (QED) is 0.840. The van der Waals surface area contributed by atoms with E-state index < -0.39 is 0 Å². The largest absolute Gasteiger partial charge is 0.352 e. The van der Waals surface area contributed by atoms with E-state index in [2.05, 4.69) is 33.0 Å². The Kier molecular flexibility index (Phi) is 6.05. The van der Waals surface area contributed by atoms with Crippen LogP contribution in [-0.2, 0) is 6.42 Å². The van der Waals surface area contributed by atoms with E-state index in [1.165, 1.54) is 0 Å². The zero-order valence-electron chi connectivity index (χ0n) is 15.1. The van der Waals surface area contributed by atoms with Crippen LogP contribution < -0.4 is 5.32 Å². The van der Waals surface area contributed by atoms with E-state index in [-0.39, 0.29) is 5.91 Å². The SMILES string of the molecule is Cc1c(C(=O)NCC(C)C)c(CC(C)C)nn1-c1ccccc1Cl. The fourth-order valence-corrected chi connectivity index (χ4v) is 2.84.